The molecule has 0 atom stereocenters. The number of amides is 3. The van der Waals surface area contributed by atoms with Crippen LogP contribution in [0.2, 0.25) is 0 Å². The van der Waals surface area contributed by atoms with Crippen LogP contribution >= 0.6 is 0 Å². The maximum Gasteiger partial charge on any atom is 0.328 e. The average molecular weight is 423 g/mol. The molecule has 1 aromatic heterocycles. The van der Waals surface area contributed by atoms with Crippen molar-refractivity contribution >= 4 is 11.9 Å². The van der Waals surface area contributed by atoms with Crippen LogP contribution in [0.4, 0.5) is 4.79 Å². The molecule has 0 radical (unpaired) electrons. The zero-order valence-electron chi connectivity index (χ0n) is 18.3. The lowest BCUT2D eigenvalue weighted by Gasteiger charge is -2.42. The summed E-state index contributed by atoms with van der Waals surface area (Å²) in [4.78, 5) is 36.4. The number of urea groups is 1. The second-order valence-corrected chi connectivity index (χ2v) is 8.47. The number of carbonyl (C=O) groups excluding carboxylic acids is 2. The molecule has 4 rings (SSSR count). The van der Waals surface area contributed by atoms with E-state index >= 15 is 0 Å². The summed E-state index contributed by atoms with van der Waals surface area (Å²) in [5.41, 5.74) is 2.59. The van der Waals surface area contributed by atoms with Gasteiger partial charge in [0, 0.05) is 45.7 Å². The highest BCUT2D eigenvalue weighted by molar-refractivity contribution is 6.07. The van der Waals surface area contributed by atoms with E-state index in [9.17, 15) is 9.59 Å². The third-order valence-electron chi connectivity index (χ3n) is 6.41. The van der Waals surface area contributed by atoms with Crippen LogP contribution in [0.3, 0.4) is 0 Å². The third kappa shape index (κ3) is 4.34. The first kappa shape index (κ1) is 21.5. The summed E-state index contributed by atoms with van der Waals surface area (Å²) < 4.78 is 5.24. The summed E-state index contributed by atoms with van der Waals surface area (Å²) in [5.74, 6) is -0.0903. The SMILES string of the molecule is COCCN1C(=O)N(Cc2cccnc2)C(=O)C12CCN(Cc1ccc(C)cc1)CC2. The molecule has 2 fully saturated rings. The molecule has 164 valence electrons. The van der Waals surface area contributed by atoms with Crippen LogP contribution in [0.15, 0.2) is 48.8 Å². The molecule has 7 heteroatoms. The second kappa shape index (κ2) is 9.16. The second-order valence-electron chi connectivity index (χ2n) is 8.47. The lowest BCUT2D eigenvalue weighted by atomic mass is 9.85. The van der Waals surface area contributed by atoms with Crippen molar-refractivity contribution < 1.29 is 14.3 Å². The molecule has 3 amide bonds. The number of methoxy groups -OCH3 is 1. The van der Waals surface area contributed by atoms with Crippen LogP contribution in [0.25, 0.3) is 0 Å². The smallest absolute Gasteiger partial charge is 0.328 e. The topological polar surface area (TPSA) is 66.0 Å². The van der Waals surface area contributed by atoms with Crippen molar-refractivity contribution in [1.82, 2.24) is 19.7 Å². The van der Waals surface area contributed by atoms with Gasteiger partial charge in [0.05, 0.1) is 13.2 Å². The average Bonchev–Trinajstić information content (AvgIpc) is 2.97. The Kier molecular flexibility index (Phi) is 6.34. The number of pyridine rings is 1. The molecule has 2 aliphatic heterocycles. The van der Waals surface area contributed by atoms with Crippen LogP contribution in [0.5, 0.6) is 0 Å². The molecule has 0 saturated carbocycles. The summed E-state index contributed by atoms with van der Waals surface area (Å²) in [6, 6.07) is 12.1. The number of rotatable bonds is 7. The molecule has 1 spiro atoms. The number of likely N-dealkylation sites (tertiary alicyclic amines) is 1. The number of aromatic nitrogens is 1. The highest BCUT2D eigenvalue weighted by atomic mass is 16.5. The molecular formula is C24H30N4O3. The molecule has 0 aliphatic carbocycles. The lowest BCUT2D eigenvalue weighted by Crippen LogP contribution is -2.57. The number of benzene rings is 1. The van der Waals surface area contributed by atoms with Gasteiger partial charge in [-0.15, -0.1) is 0 Å². The fourth-order valence-electron chi connectivity index (χ4n) is 4.60. The maximum atomic E-state index is 13.6. The van der Waals surface area contributed by atoms with E-state index in [1.807, 2.05) is 12.1 Å². The quantitative estimate of drug-likeness (QED) is 0.642. The first-order chi connectivity index (χ1) is 15.0. The van der Waals surface area contributed by atoms with Gasteiger partial charge in [-0.3, -0.25) is 19.6 Å². The Hall–Kier alpha value is -2.77. The van der Waals surface area contributed by atoms with Gasteiger partial charge in [-0.1, -0.05) is 35.9 Å². The predicted octanol–water partition coefficient (Wildman–Crippen LogP) is 2.84. The number of carbonyl (C=O) groups is 2. The molecule has 3 heterocycles. The minimum Gasteiger partial charge on any atom is -0.383 e. The molecule has 0 N–H and O–H groups in total. The summed E-state index contributed by atoms with van der Waals surface area (Å²) in [6.45, 7) is 5.58. The van der Waals surface area contributed by atoms with Crippen LogP contribution in [-0.4, -0.2) is 70.5 Å². The highest BCUT2D eigenvalue weighted by Gasteiger charge is 2.57. The minimum absolute atomic E-state index is 0.0903. The van der Waals surface area contributed by atoms with Crippen molar-refractivity contribution in [2.45, 2.75) is 38.4 Å². The van der Waals surface area contributed by atoms with Gasteiger partial charge in [0.25, 0.3) is 5.91 Å². The zero-order chi connectivity index (χ0) is 21.8. The zero-order valence-corrected chi connectivity index (χ0v) is 18.3. The van der Waals surface area contributed by atoms with E-state index in [0.29, 0.717) is 26.0 Å². The van der Waals surface area contributed by atoms with Crippen molar-refractivity contribution in [2.75, 3.05) is 33.4 Å². The minimum atomic E-state index is -0.776. The standard InChI is InChI=1S/C24H30N4O3/c1-19-5-7-20(8-6-19)17-26-12-9-24(10-13-26)22(29)27(18-21-4-3-11-25-16-21)23(30)28(24)14-15-31-2/h3-8,11,16H,9-10,12-15,17-18H2,1-2H3. The van der Waals surface area contributed by atoms with E-state index in [1.165, 1.54) is 16.0 Å². The molecule has 0 bridgehead atoms. The van der Waals surface area contributed by atoms with Gasteiger partial charge in [-0.25, -0.2) is 4.79 Å². The van der Waals surface area contributed by atoms with Gasteiger partial charge in [0.1, 0.15) is 5.54 Å². The molecule has 2 aliphatic rings. The summed E-state index contributed by atoms with van der Waals surface area (Å²) in [6.07, 6.45) is 4.66. The normalized spacial score (nSPS) is 18.9. The number of piperidine rings is 1. The molecular weight excluding hydrogens is 392 g/mol. The number of hydrogen-bond donors (Lipinski definition) is 0. The number of nitrogens with zero attached hydrogens (tertiary/aromatic N) is 4. The summed E-state index contributed by atoms with van der Waals surface area (Å²) in [5, 5.41) is 0. The van der Waals surface area contributed by atoms with Gasteiger partial charge >= 0.3 is 6.03 Å². The van der Waals surface area contributed by atoms with Crippen molar-refractivity contribution in [3.63, 3.8) is 0 Å². The number of hydrogen-bond acceptors (Lipinski definition) is 5. The predicted molar refractivity (Wildman–Crippen MR) is 117 cm³/mol. The molecule has 31 heavy (non-hydrogen) atoms. The maximum absolute atomic E-state index is 13.6. The Bertz CT molecular complexity index is 908. The van der Waals surface area contributed by atoms with Gasteiger partial charge in [-0.05, 0) is 37.0 Å². The van der Waals surface area contributed by atoms with Crippen molar-refractivity contribution in [3.8, 4) is 0 Å². The Labute approximate surface area is 183 Å². The van der Waals surface area contributed by atoms with E-state index in [0.717, 1.165) is 25.2 Å². The number of imide groups is 1. The van der Waals surface area contributed by atoms with Gasteiger partial charge in [0.15, 0.2) is 0 Å². The van der Waals surface area contributed by atoms with Crippen LogP contribution in [0, 0.1) is 6.92 Å². The number of aryl methyl sites for hydroxylation is 1. The Morgan fingerprint density at radius 1 is 1.03 bits per heavy atom. The third-order valence-corrected chi connectivity index (χ3v) is 6.41. The van der Waals surface area contributed by atoms with Crippen molar-refractivity contribution in [3.05, 3.63) is 65.5 Å². The van der Waals surface area contributed by atoms with E-state index in [2.05, 4.69) is 41.1 Å². The Morgan fingerprint density at radius 3 is 2.42 bits per heavy atom. The van der Waals surface area contributed by atoms with Gasteiger partial charge in [0.2, 0.25) is 0 Å². The Balaban J connectivity index is 1.49. The summed E-state index contributed by atoms with van der Waals surface area (Å²) in [7, 11) is 1.62. The lowest BCUT2D eigenvalue weighted by molar-refractivity contribution is -0.136. The largest absolute Gasteiger partial charge is 0.383 e. The van der Waals surface area contributed by atoms with Crippen molar-refractivity contribution in [1.29, 1.82) is 0 Å². The van der Waals surface area contributed by atoms with Crippen LogP contribution in [-0.2, 0) is 22.6 Å². The van der Waals surface area contributed by atoms with E-state index in [4.69, 9.17) is 4.74 Å². The molecule has 2 aromatic rings. The van der Waals surface area contributed by atoms with E-state index in [-0.39, 0.29) is 18.5 Å². The van der Waals surface area contributed by atoms with Gasteiger partial charge in [-0.2, -0.15) is 0 Å². The monoisotopic (exact) mass is 422 g/mol. The molecule has 0 unspecified atom stereocenters. The number of ether oxygens (including phenoxy) is 1. The summed E-state index contributed by atoms with van der Waals surface area (Å²) >= 11 is 0. The van der Waals surface area contributed by atoms with E-state index in [1.54, 1.807) is 24.4 Å². The molecule has 7 nitrogen and oxygen atoms in total. The molecule has 1 aromatic carbocycles. The first-order valence-corrected chi connectivity index (χ1v) is 10.8. The first-order valence-electron chi connectivity index (χ1n) is 10.8. The van der Waals surface area contributed by atoms with E-state index < -0.39 is 5.54 Å². The van der Waals surface area contributed by atoms with Crippen LogP contribution < -0.4 is 0 Å². The van der Waals surface area contributed by atoms with Crippen LogP contribution in [0.1, 0.15) is 29.5 Å². The van der Waals surface area contributed by atoms with Gasteiger partial charge < -0.3 is 9.64 Å². The fourth-order valence-corrected chi connectivity index (χ4v) is 4.60. The fraction of sp³-hybridized carbons (Fsp3) is 0.458. The molecule has 2 saturated heterocycles. The Morgan fingerprint density at radius 2 is 1.77 bits per heavy atom. The van der Waals surface area contributed by atoms with Crippen molar-refractivity contribution in [2.24, 2.45) is 0 Å². The highest BCUT2D eigenvalue weighted by Crippen LogP contribution is 2.38.